The van der Waals surface area contributed by atoms with Gasteiger partial charge in [0.1, 0.15) is 11.9 Å². The van der Waals surface area contributed by atoms with Crippen LogP contribution in [0, 0.1) is 23.2 Å². The molecule has 2 aromatic rings. The molecule has 2 saturated carbocycles. The second kappa shape index (κ2) is 7.37. The van der Waals surface area contributed by atoms with Crippen LogP contribution in [0.25, 0.3) is 11.0 Å². The summed E-state index contributed by atoms with van der Waals surface area (Å²) in [4.78, 5) is 4.50. The van der Waals surface area contributed by atoms with Crippen LogP contribution in [0.5, 0.6) is 0 Å². The summed E-state index contributed by atoms with van der Waals surface area (Å²) in [6.07, 6.45) is 14.1. The number of nitrogens with one attached hydrogen (secondary N) is 1. The van der Waals surface area contributed by atoms with E-state index < -0.39 is 0 Å². The summed E-state index contributed by atoms with van der Waals surface area (Å²) in [6, 6.07) is 4.30. The van der Waals surface area contributed by atoms with Crippen LogP contribution >= 0.6 is 15.9 Å². The number of anilines is 1. The maximum Gasteiger partial charge on any atom is 0.204 e. The molecule has 0 radical (unpaired) electrons. The van der Waals surface area contributed by atoms with Crippen molar-refractivity contribution in [3.05, 3.63) is 22.5 Å². The lowest BCUT2D eigenvalue weighted by Gasteiger charge is -2.36. The molecule has 2 heterocycles. The molecule has 1 N–H and O–H groups in total. The van der Waals surface area contributed by atoms with Gasteiger partial charge >= 0.3 is 0 Å². The molecule has 2 aromatic heterocycles. The largest absolute Gasteiger partial charge is 0.444 e. The first kappa shape index (κ1) is 16.9. The van der Waals surface area contributed by atoms with Crippen LogP contribution in [0.15, 0.2) is 21.2 Å². The predicted octanol–water partition coefficient (Wildman–Crippen LogP) is 6.01. The third-order valence-electron chi connectivity index (χ3n) is 6.06. The lowest BCUT2D eigenvalue weighted by atomic mass is 9.72. The fourth-order valence-electron chi connectivity index (χ4n) is 4.67. The van der Waals surface area contributed by atoms with Crippen LogP contribution in [-0.2, 0) is 0 Å². The molecule has 4 nitrogen and oxygen atoms in total. The van der Waals surface area contributed by atoms with Crippen LogP contribution in [0.1, 0.15) is 63.5 Å². The van der Waals surface area contributed by atoms with E-state index >= 15 is 0 Å². The number of fused-ring (bicyclic) bond motifs is 1. The molecular weight excluding hydrogens is 378 g/mol. The highest BCUT2D eigenvalue weighted by molar-refractivity contribution is 9.10. The zero-order chi connectivity index (χ0) is 17.2. The second-order valence-electron chi connectivity index (χ2n) is 7.58. The topological polar surface area (TPSA) is 61.9 Å². The lowest BCUT2D eigenvalue weighted by Crippen LogP contribution is -2.30. The van der Waals surface area contributed by atoms with E-state index in [0.29, 0.717) is 17.4 Å². The van der Waals surface area contributed by atoms with Gasteiger partial charge in [-0.15, -0.1) is 0 Å². The number of furan rings is 1. The van der Waals surface area contributed by atoms with Gasteiger partial charge in [-0.2, -0.15) is 5.26 Å². The van der Waals surface area contributed by atoms with Crippen LogP contribution in [-0.4, -0.2) is 11.0 Å². The molecule has 0 unspecified atom stereocenters. The average Bonchev–Trinajstić information content (AvgIpc) is 3.10. The van der Waals surface area contributed by atoms with Crippen LogP contribution in [0.4, 0.5) is 5.82 Å². The van der Waals surface area contributed by atoms with Crippen molar-refractivity contribution in [3.63, 3.8) is 0 Å². The Balaban J connectivity index is 1.40. The van der Waals surface area contributed by atoms with Gasteiger partial charge in [0.2, 0.25) is 5.76 Å². The Morgan fingerprint density at radius 3 is 2.52 bits per heavy atom. The molecule has 0 saturated heterocycles. The van der Waals surface area contributed by atoms with Crippen molar-refractivity contribution in [2.75, 3.05) is 5.32 Å². The number of halogens is 1. The van der Waals surface area contributed by atoms with Gasteiger partial charge in [-0.1, -0.05) is 32.1 Å². The fourth-order valence-corrected chi connectivity index (χ4v) is 5.20. The Hall–Kier alpha value is -1.54. The number of hydrogen-bond acceptors (Lipinski definition) is 4. The molecule has 4 rings (SSSR count). The number of nitrogens with zero attached hydrogens (tertiary/aromatic N) is 2. The van der Waals surface area contributed by atoms with Gasteiger partial charge < -0.3 is 9.73 Å². The minimum absolute atomic E-state index is 0.322. The molecular formula is C20H24BrN3O. The van der Waals surface area contributed by atoms with E-state index in [2.05, 4.69) is 26.2 Å². The molecule has 0 amide bonds. The van der Waals surface area contributed by atoms with Crippen molar-refractivity contribution in [1.29, 1.82) is 5.26 Å². The highest BCUT2D eigenvalue weighted by Crippen LogP contribution is 2.39. The van der Waals surface area contributed by atoms with E-state index in [1.54, 1.807) is 12.3 Å². The minimum atomic E-state index is 0.322. The number of aromatic nitrogens is 1. The molecule has 25 heavy (non-hydrogen) atoms. The van der Waals surface area contributed by atoms with E-state index in [1.165, 1.54) is 57.8 Å². The maximum atomic E-state index is 9.00. The van der Waals surface area contributed by atoms with E-state index in [-0.39, 0.29) is 0 Å². The molecule has 5 heteroatoms. The van der Waals surface area contributed by atoms with Gasteiger partial charge in [0.25, 0.3) is 0 Å². The molecule has 2 aliphatic carbocycles. The molecule has 0 atom stereocenters. The van der Waals surface area contributed by atoms with Gasteiger partial charge in [0, 0.05) is 17.5 Å². The quantitative estimate of drug-likeness (QED) is 0.683. The molecule has 2 aliphatic rings. The first-order chi connectivity index (χ1) is 12.2. The highest BCUT2D eigenvalue weighted by atomic mass is 79.9. The summed E-state index contributed by atoms with van der Waals surface area (Å²) in [7, 11) is 0. The highest BCUT2D eigenvalue weighted by Gasteiger charge is 2.29. The smallest absolute Gasteiger partial charge is 0.204 e. The van der Waals surface area contributed by atoms with Crippen molar-refractivity contribution < 1.29 is 4.42 Å². The average molecular weight is 402 g/mol. The number of rotatable bonds is 3. The monoisotopic (exact) mass is 401 g/mol. The van der Waals surface area contributed by atoms with Crippen LogP contribution < -0.4 is 5.32 Å². The van der Waals surface area contributed by atoms with Gasteiger partial charge in [0.05, 0.1) is 10.7 Å². The van der Waals surface area contributed by atoms with Gasteiger partial charge in [0.15, 0.2) is 5.58 Å². The molecule has 2 fully saturated rings. The van der Waals surface area contributed by atoms with Crippen molar-refractivity contribution in [3.8, 4) is 6.07 Å². The Kier molecular flexibility index (Phi) is 4.98. The number of nitriles is 1. The summed E-state index contributed by atoms with van der Waals surface area (Å²) in [5.74, 6) is 3.09. The Labute approximate surface area is 157 Å². The standard InChI is InChI=1S/C20H24BrN3O/c21-19-17-10-16(11-22)25-18(17)12-23-20(19)24-15-8-6-14(7-9-15)13-4-2-1-3-5-13/h10,12-15H,1-9H2,(H,23,24). The summed E-state index contributed by atoms with van der Waals surface area (Å²) in [5, 5.41) is 13.5. The van der Waals surface area contributed by atoms with Crippen molar-refractivity contribution in [2.45, 2.75) is 63.8 Å². The van der Waals surface area contributed by atoms with Crippen molar-refractivity contribution >= 4 is 32.7 Å². The van der Waals surface area contributed by atoms with Crippen LogP contribution in [0.2, 0.25) is 0 Å². The first-order valence-corrected chi connectivity index (χ1v) is 10.3. The van der Waals surface area contributed by atoms with E-state index in [1.807, 2.05) is 6.07 Å². The van der Waals surface area contributed by atoms with Gasteiger partial charge in [-0.05, 0) is 53.4 Å². The third kappa shape index (κ3) is 3.55. The first-order valence-electron chi connectivity index (χ1n) is 9.49. The fraction of sp³-hybridized carbons (Fsp3) is 0.600. The van der Waals surface area contributed by atoms with Crippen molar-refractivity contribution in [2.24, 2.45) is 11.8 Å². The Morgan fingerprint density at radius 1 is 1.08 bits per heavy atom. The van der Waals surface area contributed by atoms with E-state index in [9.17, 15) is 0 Å². The summed E-state index contributed by atoms with van der Waals surface area (Å²) in [6.45, 7) is 0. The summed E-state index contributed by atoms with van der Waals surface area (Å²) in [5.41, 5.74) is 0.648. The Bertz CT molecular complexity index is 780. The third-order valence-corrected chi connectivity index (χ3v) is 6.86. The van der Waals surface area contributed by atoms with Crippen molar-refractivity contribution in [1.82, 2.24) is 4.98 Å². The predicted molar refractivity (Wildman–Crippen MR) is 102 cm³/mol. The molecule has 0 spiro atoms. The van der Waals surface area contributed by atoms with Crippen LogP contribution in [0.3, 0.4) is 0 Å². The number of hydrogen-bond donors (Lipinski definition) is 1. The minimum Gasteiger partial charge on any atom is -0.444 e. The number of pyridine rings is 1. The molecule has 0 bridgehead atoms. The van der Waals surface area contributed by atoms with E-state index in [4.69, 9.17) is 9.68 Å². The van der Waals surface area contributed by atoms with E-state index in [0.717, 1.165) is 27.5 Å². The van der Waals surface area contributed by atoms with Gasteiger partial charge in [-0.25, -0.2) is 4.98 Å². The molecule has 0 aromatic carbocycles. The Morgan fingerprint density at radius 2 is 1.80 bits per heavy atom. The molecule has 132 valence electrons. The summed E-state index contributed by atoms with van der Waals surface area (Å²) >= 11 is 3.63. The SMILES string of the molecule is N#Cc1cc2c(Br)c(NC3CCC(C4CCCCC4)CC3)ncc2o1. The zero-order valence-corrected chi connectivity index (χ0v) is 16.0. The molecule has 0 aliphatic heterocycles. The maximum absolute atomic E-state index is 9.00. The lowest BCUT2D eigenvalue weighted by molar-refractivity contribution is 0.190. The summed E-state index contributed by atoms with van der Waals surface area (Å²) < 4.78 is 6.34. The second-order valence-corrected chi connectivity index (χ2v) is 8.37. The zero-order valence-electron chi connectivity index (χ0n) is 14.4. The normalized spacial score (nSPS) is 25.0. The van der Waals surface area contributed by atoms with Gasteiger partial charge in [-0.3, -0.25) is 0 Å².